The average Bonchev–Trinajstić information content (AvgIpc) is 3.02. The van der Waals surface area contributed by atoms with Crippen molar-refractivity contribution in [2.24, 2.45) is 23.0 Å². The van der Waals surface area contributed by atoms with E-state index in [0.717, 1.165) is 18.4 Å². The highest BCUT2D eigenvalue weighted by atomic mass is 32.1. The fraction of sp³-hybridized carbons (Fsp3) is 0.714. The molecule has 0 aliphatic heterocycles. The van der Waals surface area contributed by atoms with Crippen molar-refractivity contribution in [1.29, 1.82) is 0 Å². The third-order valence-corrected chi connectivity index (χ3v) is 5.89. The van der Waals surface area contributed by atoms with Crippen LogP contribution in [0.3, 0.4) is 0 Å². The van der Waals surface area contributed by atoms with Crippen molar-refractivity contribution in [1.82, 2.24) is 0 Å². The molecule has 1 nitrogen and oxygen atoms in total. The molecule has 1 aromatic rings. The van der Waals surface area contributed by atoms with Crippen molar-refractivity contribution >= 4 is 11.3 Å². The summed E-state index contributed by atoms with van der Waals surface area (Å²) >= 11 is 1.89. The molecular weight excluding hydrogens is 214 g/mol. The Hall–Kier alpha value is -0.340. The lowest BCUT2D eigenvalue weighted by Crippen LogP contribution is -2.36. The molecule has 0 radical (unpaired) electrons. The number of aryl methyl sites for hydroxylation is 1. The number of thiophene rings is 1. The van der Waals surface area contributed by atoms with Gasteiger partial charge in [-0.15, -0.1) is 11.3 Å². The number of hydrogen-bond donors (Lipinski definition) is 1. The zero-order chi connectivity index (χ0) is 11.0. The summed E-state index contributed by atoms with van der Waals surface area (Å²) in [6, 6.07) is 4.43. The zero-order valence-electron chi connectivity index (χ0n) is 9.82. The Morgan fingerprint density at radius 2 is 2.38 bits per heavy atom. The summed E-state index contributed by atoms with van der Waals surface area (Å²) in [5, 5.41) is 2.19. The van der Waals surface area contributed by atoms with E-state index in [1.54, 1.807) is 0 Å². The minimum Gasteiger partial charge on any atom is -0.330 e. The van der Waals surface area contributed by atoms with Crippen LogP contribution in [0, 0.1) is 17.3 Å². The van der Waals surface area contributed by atoms with E-state index >= 15 is 0 Å². The van der Waals surface area contributed by atoms with Gasteiger partial charge >= 0.3 is 0 Å². The summed E-state index contributed by atoms with van der Waals surface area (Å²) in [6.45, 7) is 0.916. The number of hydrogen-bond acceptors (Lipinski definition) is 2. The quantitative estimate of drug-likeness (QED) is 0.850. The van der Waals surface area contributed by atoms with Gasteiger partial charge in [-0.1, -0.05) is 12.5 Å². The molecule has 16 heavy (non-hydrogen) atoms. The Morgan fingerprint density at radius 3 is 2.94 bits per heavy atom. The molecule has 2 fully saturated rings. The lowest BCUT2D eigenvalue weighted by atomic mass is 9.70. The van der Waals surface area contributed by atoms with Crippen molar-refractivity contribution in [2.45, 2.75) is 38.5 Å². The molecule has 2 bridgehead atoms. The second-order valence-electron chi connectivity index (χ2n) is 5.73. The molecule has 2 N–H and O–H groups in total. The smallest absolute Gasteiger partial charge is 0.00454 e. The molecule has 3 atom stereocenters. The summed E-state index contributed by atoms with van der Waals surface area (Å²) in [5.74, 6) is 1.96. The second kappa shape index (κ2) is 4.15. The first-order valence-corrected chi connectivity index (χ1v) is 7.43. The molecule has 0 amide bonds. The van der Waals surface area contributed by atoms with E-state index in [9.17, 15) is 0 Å². The molecule has 0 spiro atoms. The number of rotatable bonds is 4. The highest BCUT2D eigenvalue weighted by Gasteiger charge is 2.49. The van der Waals surface area contributed by atoms with Gasteiger partial charge in [0.05, 0.1) is 0 Å². The van der Waals surface area contributed by atoms with Gasteiger partial charge in [-0.25, -0.2) is 0 Å². The van der Waals surface area contributed by atoms with E-state index < -0.39 is 0 Å². The highest BCUT2D eigenvalue weighted by Crippen LogP contribution is 2.57. The third kappa shape index (κ3) is 1.72. The van der Waals surface area contributed by atoms with Crippen LogP contribution in [0.2, 0.25) is 0 Å². The first-order valence-electron chi connectivity index (χ1n) is 6.55. The van der Waals surface area contributed by atoms with Gasteiger partial charge in [-0.2, -0.15) is 0 Å². The Labute approximate surface area is 102 Å². The van der Waals surface area contributed by atoms with Gasteiger partial charge in [0.1, 0.15) is 0 Å². The SMILES string of the molecule is NCC1(CCc2cccs2)CC2CCC1C2. The largest absolute Gasteiger partial charge is 0.330 e. The van der Waals surface area contributed by atoms with Gasteiger partial charge in [-0.05, 0) is 67.3 Å². The van der Waals surface area contributed by atoms with E-state index in [1.165, 1.54) is 43.4 Å². The van der Waals surface area contributed by atoms with E-state index in [0.29, 0.717) is 5.41 Å². The topological polar surface area (TPSA) is 26.0 Å². The fourth-order valence-electron chi connectivity index (χ4n) is 4.04. The monoisotopic (exact) mass is 235 g/mol. The highest BCUT2D eigenvalue weighted by molar-refractivity contribution is 7.09. The lowest BCUT2D eigenvalue weighted by molar-refractivity contribution is 0.158. The van der Waals surface area contributed by atoms with Crippen LogP contribution in [0.1, 0.15) is 37.0 Å². The van der Waals surface area contributed by atoms with Gasteiger partial charge in [-0.3, -0.25) is 0 Å². The molecule has 88 valence electrons. The molecule has 2 heteroatoms. The van der Waals surface area contributed by atoms with Crippen LogP contribution in [0.4, 0.5) is 0 Å². The molecule has 0 saturated heterocycles. The maximum atomic E-state index is 6.10. The summed E-state index contributed by atoms with van der Waals surface area (Å²) in [4.78, 5) is 1.54. The molecule has 1 aromatic heterocycles. The van der Waals surface area contributed by atoms with E-state index in [2.05, 4.69) is 17.5 Å². The molecular formula is C14H21NS. The van der Waals surface area contributed by atoms with Gasteiger partial charge in [0.15, 0.2) is 0 Å². The van der Waals surface area contributed by atoms with Crippen LogP contribution in [0.15, 0.2) is 17.5 Å². The van der Waals surface area contributed by atoms with Crippen molar-refractivity contribution in [3.63, 3.8) is 0 Å². The normalized spacial score (nSPS) is 37.1. The van der Waals surface area contributed by atoms with Crippen LogP contribution >= 0.6 is 11.3 Å². The second-order valence-corrected chi connectivity index (χ2v) is 6.76. The Kier molecular flexibility index (Phi) is 2.80. The molecule has 2 saturated carbocycles. The van der Waals surface area contributed by atoms with Crippen LogP contribution in [-0.2, 0) is 6.42 Å². The van der Waals surface area contributed by atoms with E-state index in [-0.39, 0.29) is 0 Å². The molecule has 2 aliphatic rings. The maximum Gasteiger partial charge on any atom is 0.00454 e. The minimum atomic E-state index is 0.507. The molecule has 2 aliphatic carbocycles. The van der Waals surface area contributed by atoms with E-state index in [4.69, 9.17) is 5.73 Å². The van der Waals surface area contributed by atoms with Crippen LogP contribution in [-0.4, -0.2) is 6.54 Å². The summed E-state index contributed by atoms with van der Waals surface area (Å²) < 4.78 is 0. The summed E-state index contributed by atoms with van der Waals surface area (Å²) in [7, 11) is 0. The molecule has 0 aromatic carbocycles. The van der Waals surface area contributed by atoms with Gasteiger partial charge < -0.3 is 5.73 Å². The Bertz CT molecular complexity index is 346. The molecule has 3 unspecified atom stereocenters. The van der Waals surface area contributed by atoms with Gasteiger partial charge in [0.25, 0.3) is 0 Å². The van der Waals surface area contributed by atoms with Gasteiger partial charge in [0.2, 0.25) is 0 Å². The standard InChI is InChI=1S/C14H21NS/c15-10-14(6-5-13-2-1-7-16-13)9-11-3-4-12(14)8-11/h1-2,7,11-12H,3-6,8-10,15H2. The third-order valence-electron chi connectivity index (χ3n) is 4.96. The first-order chi connectivity index (χ1) is 7.82. The van der Waals surface area contributed by atoms with Crippen molar-refractivity contribution in [3.05, 3.63) is 22.4 Å². The van der Waals surface area contributed by atoms with Crippen LogP contribution in [0.25, 0.3) is 0 Å². The number of fused-ring (bicyclic) bond motifs is 2. The average molecular weight is 235 g/mol. The Morgan fingerprint density at radius 1 is 1.44 bits per heavy atom. The lowest BCUT2D eigenvalue weighted by Gasteiger charge is -2.36. The summed E-state index contributed by atoms with van der Waals surface area (Å²) in [6.07, 6.45) is 8.39. The predicted molar refractivity (Wildman–Crippen MR) is 69.6 cm³/mol. The maximum absolute atomic E-state index is 6.10. The molecule has 1 heterocycles. The van der Waals surface area contributed by atoms with E-state index in [1.807, 2.05) is 11.3 Å². The van der Waals surface area contributed by atoms with Crippen molar-refractivity contribution in [3.8, 4) is 0 Å². The fourth-order valence-corrected chi connectivity index (χ4v) is 4.75. The molecule has 3 rings (SSSR count). The zero-order valence-corrected chi connectivity index (χ0v) is 10.6. The predicted octanol–water partition coefficient (Wildman–Crippen LogP) is 3.45. The van der Waals surface area contributed by atoms with Crippen molar-refractivity contribution in [2.75, 3.05) is 6.54 Å². The van der Waals surface area contributed by atoms with Crippen molar-refractivity contribution < 1.29 is 0 Å². The summed E-state index contributed by atoms with van der Waals surface area (Å²) in [5.41, 5.74) is 6.61. The minimum absolute atomic E-state index is 0.507. The van der Waals surface area contributed by atoms with Crippen LogP contribution in [0.5, 0.6) is 0 Å². The van der Waals surface area contributed by atoms with Gasteiger partial charge in [0, 0.05) is 4.88 Å². The first kappa shape index (κ1) is 10.8. The number of nitrogens with two attached hydrogens (primary N) is 1. The Balaban J connectivity index is 1.67. The van der Waals surface area contributed by atoms with Crippen LogP contribution < -0.4 is 5.73 Å².